The largest absolute Gasteiger partial charge is 0.497 e. The summed E-state index contributed by atoms with van der Waals surface area (Å²) in [5.74, 6) is 1.44. The first-order valence-corrected chi connectivity index (χ1v) is 6.53. The van der Waals surface area contributed by atoms with Gasteiger partial charge in [0, 0.05) is 12.3 Å². The molecule has 18 heavy (non-hydrogen) atoms. The van der Waals surface area contributed by atoms with Gasteiger partial charge in [-0.15, -0.1) is 0 Å². The van der Waals surface area contributed by atoms with Gasteiger partial charge in [-0.2, -0.15) is 0 Å². The summed E-state index contributed by atoms with van der Waals surface area (Å²) in [7, 11) is 1.61. The van der Waals surface area contributed by atoms with E-state index < -0.39 is 0 Å². The molecular formula is C12H14N4OS. The van der Waals surface area contributed by atoms with E-state index in [1.807, 2.05) is 18.4 Å². The molecule has 0 spiro atoms. The van der Waals surface area contributed by atoms with Gasteiger partial charge in [-0.25, -0.2) is 9.97 Å². The fourth-order valence-electron chi connectivity index (χ4n) is 1.43. The lowest BCUT2D eigenvalue weighted by Crippen LogP contribution is -1.99. The smallest absolute Gasteiger partial charge is 0.189 e. The van der Waals surface area contributed by atoms with Gasteiger partial charge in [0.1, 0.15) is 11.6 Å². The average Bonchev–Trinajstić information content (AvgIpc) is 2.41. The second-order valence-corrected chi connectivity index (χ2v) is 4.28. The van der Waals surface area contributed by atoms with Crippen LogP contribution in [0.15, 0.2) is 35.6 Å². The van der Waals surface area contributed by atoms with Gasteiger partial charge in [0.25, 0.3) is 0 Å². The molecule has 5 nitrogen and oxygen atoms in total. The highest BCUT2D eigenvalue weighted by molar-refractivity contribution is 7.98. The van der Waals surface area contributed by atoms with Gasteiger partial charge in [-0.3, -0.25) is 0 Å². The Morgan fingerprint density at radius 3 is 2.83 bits per heavy atom. The SMILES string of the molecule is COc1ccc(Nc2ccnc(SC)n2)c(N)c1. The lowest BCUT2D eigenvalue weighted by atomic mass is 10.2. The molecule has 1 heterocycles. The van der Waals surface area contributed by atoms with Crippen molar-refractivity contribution in [2.45, 2.75) is 5.16 Å². The predicted molar refractivity (Wildman–Crippen MR) is 74.5 cm³/mol. The average molecular weight is 262 g/mol. The van der Waals surface area contributed by atoms with Crippen molar-refractivity contribution in [2.75, 3.05) is 24.4 Å². The number of thioether (sulfide) groups is 1. The van der Waals surface area contributed by atoms with Gasteiger partial charge in [0.15, 0.2) is 5.16 Å². The van der Waals surface area contributed by atoms with Crippen molar-refractivity contribution in [2.24, 2.45) is 0 Å². The Balaban J connectivity index is 2.22. The molecule has 1 aromatic heterocycles. The van der Waals surface area contributed by atoms with Crippen LogP contribution < -0.4 is 15.8 Å². The van der Waals surface area contributed by atoms with Crippen molar-refractivity contribution in [1.29, 1.82) is 0 Å². The van der Waals surface area contributed by atoms with Crippen LogP contribution in [0.3, 0.4) is 0 Å². The van der Waals surface area contributed by atoms with Gasteiger partial charge in [0.05, 0.1) is 18.5 Å². The minimum absolute atomic E-state index is 0.610. The molecule has 0 aliphatic carbocycles. The molecule has 2 aromatic rings. The van der Waals surface area contributed by atoms with Crippen molar-refractivity contribution in [3.63, 3.8) is 0 Å². The molecule has 2 rings (SSSR count). The van der Waals surface area contributed by atoms with Crippen molar-refractivity contribution in [3.8, 4) is 5.75 Å². The monoisotopic (exact) mass is 262 g/mol. The number of hydrogen-bond acceptors (Lipinski definition) is 6. The Hall–Kier alpha value is -1.95. The molecule has 0 saturated heterocycles. The maximum Gasteiger partial charge on any atom is 0.189 e. The van der Waals surface area contributed by atoms with Crippen LogP contribution in [0, 0.1) is 0 Å². The fraction of sp³-hybridized carbons (Fsp3) is 0.167. The molecule has 3 N–H and O–H groups in total. The summed E-state index contributed by atoms with van der Waals surface area (Å²) < 4.78 is 5.10. The summed E-state index contributed by atoms with van der Waals surface area (Å²) >= 11 is 1.49. The topological polar surface area (TPSA) is 73.1 Å². The Morgan fingerprint density at radius 1 is 1.33 bits per heavy atom. The van der Waals surface area contributed by atoms with Gasteiger partial charge in [-0.1, -0.05) is 11.8 Å². The van der Waals surface area contributed by atoms with Crippen LogP contribution in [0.1, 0.15) is 0 Å². The molecule has 0 amide bonds. The number of aromatic nitrogens is 2. The number of benzene rings is 1. The second kappa shape index (κ2) is 5.59. The zero-order chi connectivity index (χ0) is 13.0. The summed E-state index contributed by atoms with van der Waals surface area (Å²) in [5.41, 5.74) is 7.33. The van der Waals surface area contributed by atoms with E-state index in [1.165, 1.54) is 11.8 Å². The minimum Gasteiger partial charge on any atom is -0.497 e. The van der Waals surface area contributed by atoms with Crippen LogP contribution in [-0.2, 0) is 0 Å². The number of methoxy groups -OCH3 is 1. The molecule has 0 unspecified atom stereocenters. The van der Waals surface area contributed by atoms with E-state index in [0.29, 0.717) is 16.7 Å². The highest BCUT2D eigenvalue weighted by Crippen LogP contribution is 2.26. The van der Waals surface area contributed by atoms with Gasteiger partial charge in [-0.05, 0) is 24.5 Å². The Morgan fingerprint density at radius 2 is 2.17 bits per heavy atom. The highest BCUT2D eigenvalue weighted by Gasteiger charge is 2.03. The third kappa shape index (κ3) is 2.84. The van der Waals surface area contributed by atoms with E-state index in [2.05, 4.69) is 15.3 Å². The van der Waals surface area contributed by atoms with Gasteiger partial charge < -0.3 is 15.8 Å². The summed E-state index contributed by atoms with van der Waals surface area (Å²) in [6.45, 7) is 0. The number of nitrogen functional groups attached to an aromatic ring is 1. The lowest BCUT2D eigenvalue weighted by molar-refractivity contribution is 0.415. The quantitative estimate of drug-likeness (QED) is 0.501. The van der Waals surface area contributed by atoms with Crippen LogP contribution in [0.4, 0.5) is 17.2 Å². The predicted octanol–water partition coefficient (Wildman–Crippen LogP) is 2.53. The molecule has 0 saturated carbocycles. The van der Waals surface area contributed by atoms with Crippen LogP contribution in [0.5, 0.6) is 5.75 Å². The molecule has 0 aliphatic heterocycles. The van der Waals surface area contributed by atoms with E-state index >= 15 is 0 Å². The zero-order valence-corrected chi connectivity index (χ0v) is 11.0. The molecular weight excluding hydrogens is 248 g/mol. The second-order valence-electron chi connectivity index (χ2n) is 3.51. The standard InChI is InChI=1S/C12H14N4OS/c1-17-8-3-4-10(9(13)7-8)15-11-5-6-14-12(16-11)18-2/h3-7H,13H2,1-2H3,(H,14,15,16). The molecule has 6 heteroatoms. The third-order valence-electron chi connectivity index (χ3n) is 2.34. The van der Waals surface area contributed by atoms with E-state index in [1.54, 1.807) is 25.4 Å². The van der Waals surface area contributed by atoms with Crippen LogP contribution in [-0.4, -0.2) is 23.3 Å². The first-order valence-electron chi connectivity index (χ1n) is 5.30. The number of nitrogens with zero attached hydrogens (tertiary/aromatic N) is 2. The van der Waals surface area contributed by atoms with Crippen molar-refractivity contribution >= 4 is 29.0 Å². The number of ether oxygens (including phenoxy) is 1. The van der Waals surface area contributed by atoms with E-state index in [-0.39, 0.29) is 0 Å². The molecule has 0 radical (unpaired) electrons. The van der Waals surface area contributed by atoms with Crippen molar-refractivity contribution < 1.29 is 4.74 Å². The van der Waals surface area contributed by atoms with Crippen molar-refractivity contribution in [3.05, 3.63) is 30.5 Å². The van der Waals surface area contributed by atoms with Gasteiger partial charge in [0.2, 0.25) is 0 Å². The Kier molecular flexibility index (Phi) is 3.88. The molecule has 1 aromatic carbocycles. The van der Waals surface area contributed by atoms with Crippen LogP contribution >= 0.6 is 11.8 Å². The minimum atomic E-state index is 0.610. The summed E-state index contributed by atoms with van der Waals surface area (Å²) in [6.07, 6.45) is 3.64. The highest BCUT2D eigenvalue weighted by atomic mass is 32.2. The molecule has 0 aliphatic rings. The Bertz CT molecular complexity index is 547. The maximum atomic E-state index is 5.92. The van der Waals surface area contributed by atoms with Crippen molar-refractivity contribution in [1.82, 2.24) is 9.97 Å². The zero-order valence-electron chi connectivity index (χ0n) is 10.2. The first-order chi connectivity index (χ1) is 8.72. The van der Waals surface area contributed by atoms with Crippen LogP contribution in [0.2, 0.25) is 0 Å². The fourth-order valence-corrected chi connectivity index (χ4v) is 1.78. The number of anilines is 3. The summed E-state index contributed by atoms with van der Waals surface area (Å²) in [6, 6.07) is 7.26. The van der Waals surface area contributed by atoms with Gasteiger partial charge >= 0.3 is 0 Å². The van der Waals surface area contributed by atoms with Crippen LogP contribution in [0.25, 0.3) is 0 Å². The molecule has 0 bridgehead atoms. The van der Waals surface area contributed by atoms with E-state index in [4.69, 9.17) is 10.5 Å². The molecule has 0 fully saturated rings. The molecule has 0 atom stereocenters. The molecule has 94 valence electrons. The number of rotatable bonds is 4. The summed E-state index contributed by atoms with van der Waals surface area (Å²) in [4.78, 5) is 8.43. The normalized spacial score (nSPS) is 10.1. The first kappa shape index (κ1) is 12.5. The van der Waals surface area contributed by atoms with E-state index in [9.17, 15) is 0 Å². The maximum absolute atomic E-state index is 5.92. The number of nitrogens with one attached hydrogen (secondary N) is 1. The Labute approximate surface area is 110 Å². The number of nitrogens with two attached hydrogens (primary N) is 1. The third-order valence-corrected chi connectivity index (χ3v) is 2.90. The lowest BCUT2D eigenvalue weighted by Gasteiger charge is -2.10. The number of hydrogen-bond donors (Lipinski definition) is 2. The summed E-state index contributed by atoms with van der Waals surface area (Å²) in [5, 5.41) is 3.87. The van der Waals surface area contributed by atoms with E-state index in [0.717, 1.165) is 11.4 Å².